The number of aromatic amines is 1. The van der Waals surface area contributed by atoms with E-state index in [1.54, 1.807) is 0 Å². The van der Waals surface area contributed by atoms with Crippen LogP contribution in [0, 0.1) is 0 Å². The van der Waals surface area contributed by atoms with Crippen molar-refractivity contribution < 1.29 is 0 Å². The van der Waals surface area contributed by atoms with Crippen molar-refractivity contribution in [1.29, 1.82) is 0 Å². The number of para-hydroxylation sites is 1. The molecular formula is C26H24N2O2. The fourth-order valence-corrected chi connectivity index (χ4v) is 4.40. The summed E-state index contributed by atoms with van der Waals surface area (Å²) in [4.78, 5) is 30.0. The smallest absolute Gasteiger partial charge is 0.197 e. The van der Waals surface area contributed by atoms with Crippen molar-refractivity contribution in [3.8, 4) is 0 Å². The van der Waals surface area contributed by atoms with Crippen LogP contribution in [0.4, 0.5) is 0 Å². The van der Waals surface area contributed by atoms with Crippen LogP contribution in [0.1, 0.15) is 33.3 Å². The first-order valence-electron chi connectivity index (χ1n) is 10.3. The molecule has 5 rings (SSSR count). The molecule has 0 aliphatic heterocycles. The largest absolute Gasteiger partial charge is 0.354 e. The fourth-order valence-electron chi connectivity index (χ4n) is 4.40. The Morgan fingerprint density at radius 2 is 1.47 bits per heavy atom. The first-order chi connectivity index (χ1) is 14.3. The summed E-state index contributed by atoms with van der Waals surface area (Å²) in [6.45, 7) is 9.22. The van der Waals surface area contributed by atoms with Gasteiger partial charge in [0, 0.05) is 33.6 Å². The fraction of sp³-hybridized carbons (Fsp3) is 0.231. The number of nitrogens with one attached hydrogen (secondary N) is 1. The lowest BCUT2D eigenvalue weighted by molar-refractivity contribution is 0.591. The standard InChI is InChI=1S/C26H24N2O2/c1-5-28-22-11-10-15(26(2,3)4)12-18(22)25(30)19-13-21-17(14-23(19)28)24(29)16-8-6-7-9-20(16)27-21/h6-14H,5H2,1-4H3,(H,27,29). The lowest BCUT2D eigenvalue weighted by Crippen LogP contribution is -2.15. The van der Waals surface area contributed by atoms with Crippen molar-refractivity contribution in [2.75, 3.05) is 0 Å². The number of H-pyrrole nitrogens is 1. The summed E-state index contributed by atoms with van der Waals surface area (Å²) in [6.07, 6.45) is 0. The molecule has 0 radical (unpaired) electrons. The van der Waals surface area contributed by atoms with Gasteiger partial charge in [-0.1, -0.05) is 39.0 Å². The molecule has 0 fully saturated rings. The number of fused-ring (bicyclic) bond motifs is 4. The van der Waals surface area contributed by atoms with E-state index in [4.69, 9.17) is 0 Å². The normalized spacial score (nSPS) is 12.4. The second kappa shape index (κ2) is 6.30. The minimum atomic E-state index is -0.0415. The molecule has 30 heavy (non-hydrogen) atoms. The molecule has 4 heteroatoms. The van der Waals surface area contributed by atoms with Crippen LogP contribution < -0.4 is 10.9 Å². The third kappa shape index (κ3) is 2.60. The van der Waals surface area contributed by atoms with Gasteiger partial charge >= 0.3 is 0 Å². The summed E-state index contributed by atoms with van der Waals surface area (Å²) in [7, 11) is 0. The Balaban J connectivity index is 1.99. The third-order valence-corrected chi connectivity index (χ3v) is 6.07. The molecule has 0 atom stereocenters. The zero-order valence-electron chi connectivity index (χ0n) is 17.7. The Morgan fingerprint density at radius 3 is 2.20 bits per heavy atom. The zero-order valence-corrected chi connectivity index (χ0v) is 17.7. The predicted molar refractivity (Wildman–Crippen MR) is 126 cm³/mol. The Bertz CT molecular complexity index is 1600. The van der Waals surface area contributed by atoms with E-state index >= 15 is 0 Å². The van der Waals surface area contributed by atoms with Gasteiger partial charge in [-0.05, 0) is 54.3 Å². The number of nitrogens with zero attached hydrogens (tertiary/aromatic N) is 1. The maximum absolute atomic E-state index is 13.5. The maximum Gasteiger partial charge on any atom is 0.197 e. The summed E-state index contributed by atoms with van der Waals surface area (Å²) in [6, 6.07) is 17.4. The minimum absolute atomic E-state index is 0.00621. The van der Waals surface area contributed by atoms with Crippen molar-refractivity contribution in [3.05, 3.63) is 80.6 Å². The van der Waals surface area contributed by atoms with Crippen molar-refractivity contribution in [1.82, 2.24) is 9.55 Å². The molecule has 1 N–H and O–H groups in total. The molecule has 2 aromatic heterocycles. The van der Waals surface area contributed by atoms with Gasteiger partial charge in [-0.3, -0.25) is 9.59 Å². The molecule has 0 aliphatic rings. The van der Waals surface area contributed by atoms with Crippen LogP contribution in [0.15, 0.2) is 64.2 Å². The Labute approximate surface area is 173 Å². The van der Waals surface area contributed by atoms with E-state index in [1.807, 2.05) is 48.5 Å². The van der Waals surface area contributed by atoms with Gasteiger partial charge < -0.3 is 9.55 Å². The molecule has 0 spiro atoms. The van der Waals surface area contributed by atoms with Crippen molar-refractivity contribution in [2.24, 2.45) is 0 Å². The van der Waals surface area contributed by atoms with Crippen LogP contribution >= 0.6 is 0 Å². The number of pyridine rings is 2. The molecule has 150 valence electrons. The molecule has 0 unspecified atom stereocenters. The number of hydrogen-bond acceptors (Lipinski definition) is 2. The molecular weight excluding hydrogens is 372 g/mol. The molecule has 3 aromatic carbocycles. The highest BCUT2D eigenvalue weighted by molar-refractivity contribution is 6.03. The molecule has 0 saturated carbocycles. The highest BCUT2D eigenvalue weighted by atomic mass is 16.1. The van der Waals surface area contributed by atoms with E-state index in [9.17, 15) is 9.59 Å². The van der Waals surface area contributed by atoms with Gasteiger partial charge in [0.2, 0.25) is 0 Å². The summed E-state index contributed by atoms with van der Waals surface area (Å²) >= 11 is 0. The summed E-state index contributed by atoms with van der Waals surface area (Å²) < 4.78 is 2.13. The quantitative estimate of drug-likeness (QED) is 0.382. The van der Waals surface area contributed by atoms with Gasteiger partial charge in [-0.2, -0.15) is 0 Å². The van der Waals surface area contributed by atoms with Gasteiger partial charge in [0.25, 0.3) is 0 Å². The number of benzene rings is 3. The van der Waals surface area contributed by atoms with Gasteiger partial charge in [0.05, 0.1) is 16.6 Å². The van der Waals surface area contributed by atoms with Crippen molar-refractivity contribution >= 4 is 43.6 Å². The number of hydrogen-bond donors (Lipinski definition) is 1. The Morgan fingerprint density at radius 1 is 0.767 bits per heavy atom. The van der Waals surface area contributed by atoms with E-state index < -0.39 is 0 Å². The molecule has 0 amide bonds. The van der Waals surface area contributed by atoms with Crippen LogP contribution in [0.2, 0.25) is 0 Å². The number of rotatable bonds is 1. The maximum atomic E-state index is 13.5. The highest BCUT2D eigenvalue weighted by Gasteiger charge is 2.18. The number of aromatic nitrogens is 2. The van der Waals surface area contributed by atoms with Crippen molar-refractivity contribution in [2.45, 2.75) is 39.7 Å². The summed E-state index contributed by atoms with van der Waals surface area (Å²) in [5, 5.41) is 2.62. The topological polar surface area (TPSA) is 54.9 Å². The van der Waals surface area contributed by atoms with Gasteiger partial charge in [-0.25, -0.2) is 0 Å². The third-order valence-electron chi connectivity index (χ3n) is 6.07. The van der Waals surface area contributed by atoms with E-state index in [2.05, 4.69) is 43.3 Å². The van der Waals surface area contributed by atoms with Crippen LogP contribution in [0.5, 0.6) is 0 Å². The Hall–Kier alpha value is -3.40. The molecule has 5 aromatic rings. The monoisotopic (exact) mass is 396 g/mol. The van der Waals surface area contributed by atoms with Crippen LogP contribution in [0.25, 0.3) is 43.6 Å². The zero-order chi connectivity index (χ0) is 21.2. The minimum Gasteiger partial charge on any atom is -0.354 e. The van der Waals surface area contributed by atoms with Crippen LogP contribution in [-0.2, 0) is 12.0 Å². The van der Waals surface area contributed by atoms with E-state index in [-0.39, 0.29) is 16.3 Å². The van der Waals surface area contributed by atoms with Crippen LogP contribution in [-0.4, -0.2) is 9.55 Å². The average molecular weight is 396 g/mol. The molecule has 4 nitrogen and oxygen atoms in total. The lowest BCUT2D eigenvalue weighted by Gasteiger charge is -2.21. The first-order valence-corrected chi connectivity index (χ1v) is 10.3. The second-order valence-corrected chi connectivity index (χ2v) is 8.97. The van der Waals surface area contributed by atoms with E-state index in [0.29, 0.717) is 28.2 Å². The molecule has 0 saturated heterocycles. The van der Waals surface area contributed by atoms with Crippen molar-refractivity contribution in [3.63, 3.8) is 0 Å². The first kappa shape index (κ1) is 18.6. The van der Waals surface area contributed by atoms with Gasteiger partial charge in [0.1, 0.15) is 0 Å². The van der Waals surface area contributed by atoms with E-state index in [1.165, 1.54) is 0 Å². The SMILES string of the molecule is CCn1c2ccc(C(C)(C)C)cc2c(=O)c2cc3[nH]c4ccccc4c(=O)c3cc21. The summed E-state index contributed by atoms with van der Waals surface area (Å²) in [5.74, 6) is 0. The summed E-state index contributed by atoms with van der Waals surface area (Å²) in [5.41, 5.74) is 4.25. The predicted octanol–water partition coefficient (Wildman–Crippen LogP) is 5.47. The average Bonchev–Trinajstić information content (AvgIpc) is 2.73. The van der Waals surface area contributed by atoms with Gasteiger partial charge in [0.15, 0.2) is 10.9 Å². The Kier molecular flexibility index (Phi) is 3.91. The second-order valence-electron chi connectivity index (χ2n) is 8.97. The van der Waals surface area contributed by atoms with Gasteiger partial charge in [-0.15, -0.1) is 0 Å². The molecule has 0 aliphatic carbocycles. The van der Waals surface area contributed by atoms with Crippen LogP contribution in [0.3, 0.4) is 0 Å². The highest BCUT2D eigenvalue weighted by Crippen LogP contribution is 2.28. The molecule has 2 heterocycles. The van der Waals surface area contributed by atoms with E-state index in [0.717, 1.165) is 27.5 Å². The number of aryl methyl sites for hydroxylation is 1. The lowest BCUT2D eigenvalue weighted by atomic mass is 9.86. The molecule has 0 bridgehead atoms.